The van der Waals surface area contributed by atoms with Gasteiger partial charge in [-0.05, 0) is 5.92 Å². The highest BCUT2D eigenvalue weighted by molar-refractivity contribution is 5.90. The molecular formula is C6H10NO. The van der Waals surface area contributed by atoms with Gasteiger partial charge >= 0.3 is 0 Å². The Morgan fingerprint density at radius 1 is 1.62 bits per heavy atom. The maximum Gasteiger partial charge on any atom is 0.265 e. The minimum absolute atomic E-state index is 0.111. The maximum atomic E-state index is 10.2. The Labute approximate surface area is 49.4 Å². The van der Waals surface area contributed by atoms with Gasteiger partial charge in [0.15, 0.2) is 0 Å². The molecule has 0 aromatic heterocycles. The number of hydrogen-bond donors (Lipinski definition) is 0. The molecular weight excluding hydrogens is 102 g/mol. The van der Waals surface area contributed by atoms with Gasteiger partial charge in [-0.2, -0.15) is 0 Å². The molecule has 1 radical (unpaired) electrons. The van der Waals surface area contributed by atoms with Crippen molar-refractivity contribution >= 4 is 5.91 Å². The lowest BCUT2D eigenvalue weighted by Crippen LogP contribution is -2.06. The molecule has 8 heavy (non-hydrogen) atoms. The standard InChI is InChI=1S/C6H10NO/c1-4(2)5(3)6(7)8/h4,7H,3H2,1-2H3. The molecule has 0 aromatic carbocycles. The molecule has 0 saturated carbocycles. The van der Waals surface area contributed by atoms with Crippen molar-refractivity contribution in [1.29, 1.82) is 0 Å². The van der Waals surface area contributed by atoms with Crippen molar-refractivity contribution in [2.75, 3.05) is 0 Å². The molecule has 0 spiro atoms. The Morgan fingerprint density at radius 3 is 2.00 bits per heavy atom. The molecule has 0 aliphatic heterocycles. The first kappa shape index (κ1) is 7.21. The van der Waals surface area contributed by atoms with E-state index in [1.165, 1.54) is 0 Å². The average Bonchev–Trinajstić information content (AvgIpc) is 1.64. The summed E-state index contributed by atoms with van der Waals surface area (Å²) >= 11 is 0. The first-order chi connectivity index (χ1) is 3.55. The summed E-state index contributed by atoms with van der Waals surface area (Å²) in [5.41, 5.74) is 6.96. The number of nitrogens with one attached hydrogen (secondary N) is 1. The highest BCUT2D eigenvalue weighted by atomic mass is 16.1. The van der Waals surface area contributed by atoms with Gasteiger partial charge in [0.2, 0.25) is 0 Å². The van der Waals surface area contributed by atoms with Crippen LogP contribution in [0.5, 0.6) is 0 Å². The quantitative estimate of drug-likeness (QED) is 0.491. The van der Waals surface area contributed by atoms with Gasteiger partial charge in [-0.15, -0.1) is 0 Å². The first-order valence-electron chi connectivity index (χ1n) is 2.50. The third-order valence-electron chi connectivity index (χ3n) is 0.989. The molecule has 0 fully saturated rings. The topological polar surface area (TPSA) is 40.9 Å². The van der Waals surface area contributed by atoms with E-state index in [2.05, 4.69) is 6.58 Å². The number of carbonyl (C=O) groups excluding carboxylic acids is 1. The summed E-state index contributed by atoms with van der Waals surface area (Å²) in [6.07, 6.45) is 0. The molecule has 0 rings (SSSR count). The maximum absolute atomic E-state index is 10.2. The van der Waals surface area contributed by atoms with E-state index in [1.807, 2.05) is 13.8 Å². The van der Waals surface area contributed by atoms with E-state index in [4.69, 9.17) is 5.73 Å². The van der Waals surface area contributed by atoms with Gasteiger partial charge in [-0.3, -0.25) is 10.5 Å². The second-order valence-corrected chi connectivity index (χ2v) is 2.01. The van der Waals surface area contributed by atoms with Gasteiger partial charge in [-0.1, -0.05) is 20.4 Å². The highest BCUT2D eigenvalue weighted by Gasteiger charge is 2.04. The van der Waals surface area contributed by atoms with Gasteiger partial charge in [0.25, 0.3) is 5.91 Å². The fourth-order valence-electron chi connectivity index (χ4n) is 0.262. The summed E-state index contributed by atoms with van der Waals surface area (Å²) < 4.78 is 0. The van der Waals surface area contributed by atoms with Crippen LogP contribution in [0.25, 0.3) is 0 Å². The first-order valence-corrected chi connectivity index (χ1v) is 2.50. The van der Waals surface area contributed by atoms with E-state index in [9.17, 15) is 4.79 Å². The SMILES string of the molecule is C=C(C([NH])=O)C(C)C. The zero-order valence-electron chi connectivity index (χ0n) is 5.19. The van der Waals surface area contributed by atoms with Gasteiger partial charge in [-0.25, -0.2) is 0 Å². The fraction of sp³-hybridized carbons (Fsp3) is 0.500. The Bertz CT molecular complexity index is 116. The van der Waals surface area contributed by atoms with E-state index in [-0.39, 0.29) is 5.92 Å². The van der Waals surface area contributed by atoms with Crippen molar-refractivity contribution in [3.05, 3.63) is 12.2 Å². The van der Waals surface area contributed by atoms with Crippen LogP contribution in [-0.4, -0.2) is 5.91 Å². The molecule has 0 aliphatic carbocycles. The minimum atomic E-state index is -0.653. The molecule has 0 aliphatic rings. The van der Waals surface area contributed by atoms with Crippen LogP contribution in [-0.2, 0) is 4.79 Å². The van der Waals surface area contributed by atoms with Crippen LogP contribution in [0.3, 0.4) is 0 Å². The predicted molar refractivity (Wildman–Crippen MR) is 32.1 cm³/mol. The fourth-order valence-corrected chi connectivity index (χ4v) is 0.262. The van der Waals surface area contributed by atoms with Crippen molar-refractivity contribution in [3.8, 4) is 0 Å². The smallest absolute Gasteiger partial charge is 0.265 e. The van der Waals surface area contributed by atoms with Crippen LogP contribution in [0.1, 0.15) is 13.8 Å². The number of carbonyl (C=O) groups is 1. The van der Waals surface area contributed by atoms with E-state index < -0.39 is 5.91 Å². The summed E-state index contributed by atoms with van der Waals surface area (Å²) in [7, 11) is 0. The molecule has 1 N–H and O–H groups in total. The second-order valence-electron chi connectivity index (χ2n) is 2.01. The van der Waals surface area contributed by atoms with Crippen molar-refractivity contribution in [2.24, 2.45) is 5.92 Å². The monoisotopic (exact) mass is 112 g/mol. The largest absolute Gasteiger partial charge is 0.268 e. The van der Waals surface area contributed by atoms with Crippen LogP contribution >= 0.6 is 0 Å². The summed E-state index contributed by atoms with van der Waals surface area (Å²) in [5.74, 6) is -0.542. The Balaban J connectivity index is 3.84. The molecule has 1 amide bonds. The molecule has 0 aromatic rings. The molecule has 2 nitrogen and oxygen atoms in total. The molecule has 45 valence electrons. The lowest BCUT2D eigenvalue weighted by atomic mass is 10.1. The summed E-state index contributed by atoms with van der Waals surface area (Å²) in [5, 5.41) is 0. The zero-order chi connectivity index (χ0) is 6.73. The molecule has 0 heterocycles. The number of rotatable bonds is 2. The summed E-state index contributed by atoms with van der Waals surface area (Å²) in [4.78, 5) is 10.2. The third-order valence-corrected chi connectivity index (χ3v) is 0.989. The van der Waals surface area contributed by atoms with E-state index >= 15 is 0 Å². The van der Waals surface area contributed by atoms with E-state index in [0.717, 1.165) is 0 Å². The number of amides is 1. The van der Waals surface area contributed by atoms with Crippen LogP contribution in [0.15, 0.2) is 12.2 Å². The third kappa shape index (κ3) is 1.78. The Hall–Kier alpha value is -0.790. The molecule has 0 atom stereocenters. The number of hydrogen-bond acceptors (Lipinski definition) is 1. The van der Waals surface area contributed by atoms with Crippen LogP contribution < -0.4 is 5.73 Å². The van der Waals surface area contributed by atoms with E-state index in [0.29, 0.717) is 5.57 Å². The summed E-state index contributed by atoms with van der Waals surface area (Å²) in [6.45, 7) is 7.10. The van der Waals surface area contributed by atoms with Gasteiger partial charge in [0.1, 0.15) is 0 Å². The average molecular weight is 112 g/mol. The van der Waals surface area contributed by atoms with Gasteiger partial charge in [0.05, 0.1) is 0 Å². The Kier molecular flexibility index (Phi) is 2.25. The Morgan fingerprint density at radius 2 is 2.00 bits per heavy atom. The molecule has 2 heteroatoms. The molecule has 0 saturated heterocycles. The van der Waals surface area contributed by atoms with E-state index in [1.54, 1.807) is 0 Å². The summed E-state index contributed by atoms with van der Waals surface area (Å²) in [6, 6.07) is 0. The van der Waals surface area contributed by atoms with Crippen molar-refractivity contribution < 1.29 is 4.79 Å². The lowest BCUT2D eigenvalue weighted by Gasteiger charge is -2.00. The molecule has 0 unspecified atom stereocenters. The lowest BCUT2D eigenvalue weighted by molar-refractivity contribution is -0.115. The van der Waals surface area contributed by atoms with Gasteiger partial charge < -0.3 is 0 Å². The second kappa shape index (κ2) is 2.50. The van der Waals surface area contributed by atoms with Crippen LogP contribution in [0.2, 0.25) is 0 Å². The highest BCUT2D eigenvalue weighted by Crippen LogP contribution is 2.04. The van der Waals surface area contributed by atoms with Crippen molar-refractivity contribution in [1.82, 2.24) is 5.73 Å². The van der Waals surface area contributed by atoms with Crippen molar-refractivity contribution in [3.63, 3.8) is 0 Å². The zero-order valence-corrected chi connectivity index (χ0v) is 5.19. The van der Waals surface area contributed by atoms with Gasteiger partial charge in [0, 0.05) is 5.57 Å². The van der Waals surface area contributed by atoms with Crippen LogP contribution in [0, 0.1) is 5.92 Å². The predicted octanol–water partition coefficient (Wildman–Crippen LogP) is 1.01. The van der Waals surface area contributed by atoms with Crippen LogP contribution in [0.4, 0.5) is 0 Å². The molecule has 0 bridgehead atoms. The normalized spacial score (nSPS) is 9.38. The minimum Gasteiger partial charge on any atom is -0.268 e. The van der Waals surface area contributed by atoms with Crippen molar-refractivity contribution in [2.45, 2.75) is 13.8 Å².